The van der Waals surface area contributed by atoms with Crippen molar-refractivity contribution in [2.75, 3.05) is 13.1 Å². The normalized spacial score (nSPS) is 19.5. The van der Waals surface area contributed by atoms with Crippen LogP contribution < -0.4 is 5.32 Å². The van der Waals surface area contributed by atoms with Crippen molar-refractivity contribution >= 4 is 23.5 Å². The van der Waals surface area contributed by atoms with E-state index in [1.807, 2.05) is 13.8 Å². The maximum Gasteiger partial charge on any atom is 0.407 e. The van der Waals surface area contributed by atoms with Crippen molar-refractivity contribution in [2.45, 2.75) is 20.0 Å². The second-order valence-electron chi connectivity index (χ2n) is 1.84. The van der Waals surface area contributed by atoms with Crippen molar-refractivity contribution in [1.29, 1.82) is 0 Å². The molecule has 12 heavy (non-hydrogen) atoms. The van der Waals surface area contributed by atoms with E-state index in [1.165, 1.54) is 0 Å². The molecule has 68 valence electrons. The van der Waals surface area contributed by atoms with E-state index in [-0.39, 0.29) is 12.2 Å². The van der Waals surface area contributed by atoms with E-state index in [9.17, 15) is 4.79 Å². The smallest absolute Gasteiger partial charge is 0.407 e. The van der Waals surface area contributed by atoms with E-state index in [0.29, 0.717) is 13.1 Å². The molecule has 1 N–H and O–H groups in total. The fourth-order valence-corrected chi connectivity index (χ4v) is 0.747. The number of ether oxygens (including phenoxy) is 1. The van der Waals surface area contributed by atoms with Crippen LogP contribution in [0.25, 0.3) is 0 Å². The molecule has 1 heterocycles. The number of hydrogen-bond donors (Lipinski definition) is 1. The van der Waals surface area contributed by atoms with Gasteiger partial charge >= 0.3 is 6.09 Å². The summed E-state index contributed by atoms with van der Waals surface area (Å²) in [7, 11) is 0. The number of hydrogen-bond acceptors (Lipinski definition) is 4. The summed E-state index contributed by atoms with van der Waals surface area (Å²) in [5.74, 6) is 0. The van der Waals surface area contributed by atoms with Crippen LogP contribution in [0.4, 0.5) is 4.79 Å². The predicted molar refractivity (Wildman–Crippen MR) is 49.5 cm³/mol. The number of amides is 1. The van der Waals surface area contributed by atoms with E-state index < -0.39 is 0 Å². The molecular formula is C7H12N2O2S. The highest BCUT2D eigenvalue weighted by atomic mass is 32.1. The van der Waals surface area contributed by atoms with Gasteiger partial charge in [0.15, 0.2) is 0 Å². The standard InChI is InChI=1S/C5H6N2O2S.C2H6/c8-5-7-2-4(9-5)1-6-3-10;1-2/h4H,1-2H2,(H,7,8);1-2H3/t4-;/m0./s1. The summed E-state index contributed by atoms with van der Waals surface area (Å²) in [5, 5.41) is 4.69. The highest BCUT2D eigenvalue weighted by Crippen LogP contribution is 1.98. The van der Waals surface area contributed by atoms with Crippen LogP contribution in [0.15, 0.2) is 4.99 Å². The lowest BCUT2D eigenvalue weighted by Crippen LogP contribution is -2.17. The maximum atomic E-state index is 10.4. The SMILES string of the molecule is CC.O=C1NC[C@H](CN=C=S)O1. The van der Waals surface area contributed by atoms with Gasteiger partial charge in [-0.1, -0.05) is 13.8 Å². The number of alkyl carbamates (subject to hydrolysis) is 1. The molecule has 0 aromatic rings. The van der Waals surface area contributed by atoms with Gasteiger partial charge in [0.1, 0.15) is 6.10 Å². The molecule has 0 bridgehead atoms. The van der Waals surface area contributed by atoms with Gasteiger partial charge in [-0.25, -0.2) is 9.79 Å². The summed E-state index contributed by atoms with van der Waals surface area (Å²) in [6, 6.07) is 0. The minimum absolute atomic E-state index is 0.164. The zero-order valence-corrected chi connectivity index (χ0v) is 7.98. The predicted octanol–water partition coefficient (Wildman–Crippen LogP) is 1.22. The number of aliphatic imine (C=N–C) groups is 1. The van der Waals surface area contributed by atoms with Gasteiger partial charge in [0, 0.05) is 0 Å². The Morgan fingerprint density at radius 2 is 2.50 bits per heavy atom. The van der Waals surface area contributed by atoms with Crippen molar-refractivity contribution < 1.29 is 9.53 Å². The lowest BCUT2D eigenvalue weighted by atomic mass is 10.4. The van der Waals surface area contributed by atoms with Gasteiger partial charge in [-0.3, -0.25) is 0 Å². The number of carbonyl (C=O) groups is 1. The highest BCUT2D eigenvalue weighted by molar-refractivity contribution is 7.78. The number of rotatable bonds is 2. The Balaban J connectivity index is 0.000000561. The number of thiocarbonyl (C=S) groups is 1. The Morgan fingerprint density at radius 3 is 2.92 bits per heavy atom. The number of carbonyl (C=O) groups excluding carboxylic acids is 1. The summed E-state index contributed by atoms with van der Waals surface area (Å²) in [5.41, 5.74) is 0. The summed E-state index contributed by atoms with van der Waals surface area (Å²) in [6.45, 7) is 4.92. The van der Waals surface area contributed by atoms with E-state index >= 15 is 0 Å². The molecule has 5 heteroatoms. The van der Waals surface area contributed by atoms with E-state index in [4.69, 9.17) is 4.74 Å². The molecule has 1 rings (SSSR count). The number of nitrogens with zero attached hydrogens (tertiary/aromatic N) is 1. The first-order chi connectivity index (χ1) is 5.83. The molecule has 1 aliphatic rings. The van der Waals surface area contributed by atoms with Crippen LogP contribution in [0.3, 0.4) is 0 Å². The van der Waals surface area contributed by atoms with Gasteiger partial charge in [-0.05, 0) is 12.2 Å². The molecule has 1 fully saturated rings. The van der Waals surface area contributed by atoms with Crippen LogP contribution in [0.1, 0.15) is 13.8 Å². The largest absolute Gasteiger partial charge is 0.442 e. The highest BCUT2D eigenvalue weighted by Gasteiger charge is 2.21. The van der Waals surface area contributed by atoms with Crippen molar-refractivity contribution in [3.8, 4) is 0 Å². The third kappa shape index (κ3) is 4.05. The Kier molecular flexibility index (Phi) is 6.24. The molecule has 0 aromatic heterocycles. The van der Waals surface area contributed by atoms with Crippen molar-refractivity contribution in [3.05, 3.63) is 0 Å². The molecule has 0 aliphatic carbocycles. The van der Waals surface area contributed by atoms with E-state index in [1.54, 1.807) is 0 Å². The number of isothiocyanates is 1. The summed E-state index contributed by atoms with van der Waals surface area (Å²) in [6.07, 6.45) is -0.549. The third-order valence-electron chi connectivity index (χ3n) is 1.11. The van der Waals surface area contributed by atoms with Gasteiger partial charge < -0.3 is 10.1 Å². The minimum Gasteiger partial charge on any atom is -0.442 e. The first-order valence-corrected chi connectivity index (χ1v) is 4.22. The zero-order valence-electron chi connectivity index (χ0n) is 7.16. The number of nitrogens with one attached hydrogen (secondary N) is 1. The first-order valence-electron chi connectivity index (χ1n) is 3.81. The van der Waals surface area contributed by atoms with Crippen LogP contribution in [0, 0.1) is 0 Å². The van der Waals surface area contributed by atoms with Crippen molar-refractivity contribution in [3.63, 3.8) is 0 Å². The van der Waals surface area contributed by atoms with Gasteiger partial charge in [0.2, 0.25) is 0 Å². The molecule has 0 aromatic carbocycles. The van der Waals surface area contributed by atoms with E-state index in [2.05, 4.69) is 27.7 Å². The van der Waals surface area contributed by atoms with Gasteiger partial charge in [0.05, 0.1) is 18.3 Å². The van der Waals surface area contributed by atoms with Gasteiger partial charge in [0.25, 0.3) is 0 Å². The average molecular weight is 188 g/mol. The zero-order chi connectivity index (χ0) is 9.40. The Labute approximate surface area is 77.0 Å². The summed E-state index contributed by atoms with van der Waals surface area (Å²) < 4.78 is 4.73. The van der Waals surface area contributed by atoms with Crippen LogP contribution in [-0.4, -0.2) is 30.4 Å². The Morgan fingerprint density at radius 1 is 1.83 bits per heavy atom. The molecule has 0 saturated carbocycles. The van der Waals surface area contributed by atoms with Crippen molar-refractivity contribution in [2.24, 2.45) is 4.99 Å². The quantitative estimate of drug-likeness (QED) is 0.523. The fraction of sp³-hybridized carbons (Fsp3) is 0.714. The third-order valence-corrected chi connectivity index (χ3v) is 1.24. The molecule has 4 nitrogen and oxygen atoms in total. The monoisotopic (exact) mass is 188 g/mol. The van der Waals surface area contributed by atoms with Crippen LogP contribution >= 0.6 is 12.2 Å². The molecule has 0 radical (unpaired) electrons. The molecule has 1 aliphatic heterocycles. The minimum atomic E-state index is -0.385. The average Bonchev–Trinajstić information content (AvgIpc) is 2.51. The molecule has 0 unspecified atom stereocenters. The summed E-state index contributed by atoms with van der Waals surface area (Å²) in [4.78, 5) is 14.0. The topological polar surface area (TPSA) is 50.7 Å². The number of cyclic esters (lactones) is 1. The molecule has 1 amide bonds. The lowest BCUT2D eigenvalue weighted by Gasteiger charge is -1.99. The van der Waals surface area contributed by atoms with Crippen LogP contribution in [0.5, 0.6) is 0 Å². The van der Waals surface area contributed by atoms with Crippen LogP contribution in [0.2, 0.25) is 0 Å². The Bertz CT molecular complexity index is 190. The van der Waals surface area contributed by atoms with Gasteiger partial charge in [-0.2, -0.15) is 0 Å². The van der Waals surface area contributed by atoms with E-state index in [0.717, 1.165) is 0 Å². The first kappa shape index (κ1) is 11.1. The Hall–Kier alpha value is -0.930. The molecule has 1 saturated heterocycles. The molecule has 0 spiro atoms. The molecule has 1 atom stereocenters. The second kappa shape index (κ2) is 6.76. The van der Waals surface area contributed by atoms with Gasteiger partial charge in [-0.15, -0.1) is 0 Å². The van der Waals surface area contributed by atoms with Crippen molar-refractivity contribution in [1.82, 2.24) is 5.32 Å². The fourth-order valence-electron chi connectivity index (χ4n) is 0.673. The molecular weight excluding hydrogens is 176 g/mol. The summed E-state index contributed by atoms with van der Waals surface area (Å²) >= 11 is 4.34. The maximum absolute atomic E-state index is 10.4. The lowest BCUT2D eigenvalue weighted by molar-refractivity contribution is 0.144. The van der Waals surface area contributed by atoms with Crippen LogP contribution in [-0.2, 0) is 4.74 Å². The second-order valence-corrected chi connectivity index (χ2v) is 2.02.